The first-order valence-corrected chi connectivity index (χ1v) is 12.3. The van der Waals surface area contributed by atoms with Crippen LogP contribution in [0.4, 0.5) is 4.39 Å². The molecule has 0 atom stereocenters. The van der Waals surface area contributed by atoms with Gasteiger partial charge in [0.15, 0.2) is 0 Å². The summed E-state index contributed by atoms with van der Waals surface area (Å²) in [5.41, 5.74) is 5.05. The number of hydrogen-bond acceptors (Lipinski definition) is 1. The van der Waals surface area contributed by atoms with E-state index in [4.69, 9.17) is 0 Å². The Balaban J connectivity index is 0.000000255. The third-order valence-electron chi connectivity index (χ3n) is 4.71. The third-order valence-corrected chi connectivity index (χ3v) is 4.71. The van der Waals surface area contributed by atoms with Gasteiger partial charge in [-0.05, 0) is 76.5 Å². The Morgan fingerprint density at radius 1 is 0.500 bits per heavy atom. The summed E-state index contributed by atoms with van der Waals surface area (Å²) >= 11 is 0. The zero-order valence-electron chi connectivity index (χ0n) is 23.0. The van der Waals surface area contributed by atoms with Crippen molar-refractivity contribution in [1.82, 2.24) is 4.98 Å². The first-order chi connectivity index (χ1) is 15.6. The molecule has 3 aromatic rings. The zero-order valence-corrected chi connectivity index (χ0v) is 23.0. The maximum Gasteiger partial charge on any atom is 0.123 e. The summed E-state index contributed by atoms with van der Waals surface area (Å²) in [6.07, 6.45) is 6.97. The Kier molecular flexibility index (Phi) is 11.7. The average Bonchev–Trinajstić information content (AvgIpc) is 2.69. The van der Waals surface area contributed by atoms with E-state index in [-0.39, 0.29) is 11.2 Å². The lowest BCUT2D eigenvalue weighted by atomic mass is 9.88. The molecule has 0 unspecified atom stereocenters. The van der Waals surface area contributed by atoms with Gasteiger partial charge in [0, 0.05) is 12.4 Å². The van der Waals surface area contributed by atoms with Crippen LogP contribution >= 0.6 is 0 Å². The summed E-state index contributed by atoms with van der Waals surface area (Å²) in [4.78, 5) is 3.98. The molecule has 2 aromatic carbocycles. The van der Waals surface area contributed by atoms with E-state index in [0.717, 1.165) is 19.3 Å². The van der Waals surface area contributed by atoms with Crippen LogP contribution in [0.5, 0.6) is 0 Å². The van der Waals surface area contributed by atoms with E-state index in [1.807, 2.05) is 24.5 Å². The van der Waals surface area contributed by atoms with E-state index in [9.17, 15) is 4.39 Å². The molecule has 0 radical (unpaired) electrons. The molecule has 0 amide bonds. The Hall–Kier alpha value is -2.48. The molecular formula is C32H46FN. The van der Waals surface area contributed by atoms with E-state index < -0.39 is 0 Å². The number of halogens is 1. The molecule has 0 saturated carbocycles. The monoisotopic (exact) mass is 463 g/mol. The molecule has 186 valence electrons. The average molecular weight is 464 g/mol. The molecule has 0 spiro atoms. The lowest BCUT2D eigenvalue weighted by molar-refractivity contribution is 0.410. The molecule has 34 heavy (non-hydrogen) atoms. The van der Waals surface area contributed by atoms with E-state index >= 15 is 0 Å². The molecular weight excluding hydrogens is 417 g/mol. The second-order valence-electron chi connectivity index (χ2n) is 12.7. The quantitative estimate of drug-likeness (QED) is 0.377. The van der Waals surface area contributed by atoms with Crippen LogP contribution in [0.15, 0.2) is 79.1 Å². The summed E-state index contributed by atoms with van der Waals surface area (Å²) in [6, 6.07) is 21.5. The lowest BCUT2D eigenvalue weighted by Crippen LogP contribution is -2.08. The molecule has 0 aliphatic rings. The molecule has 1 heterocycles. The van der Waals surface area contributed by atoms with Crippen LogP contribution in [0.1, 0.15) is 79.0 Å². The highest BCUT2D eigenvalue weighted by molar-refractivity contribution is 5.17. The number of rotatable bonds is 3. The fourth-order valence-electron chi connectivity index (χ4n) is 3.54. The van der Waals surface area contributed by atoms with Crippen molar-refractivity contribution in [2.75, 3.05) is 0 Å². The van der Waals surface area contributed by atoms with Gasteiger partial charge in [-0.1, -0.05) is 105 Å². The zero-order chi connectivity index (χ0) is 25.8. The van der Waals surface area contributed by atoms with Crippen molar-refractivity contribution in [2.45, 2.75) is 81.6 Å². The van der Waals surface area contributed by atoms with Crippen LogP contribution in [-0.2, 0) is 19.3 Å². The number of nitrogens with zero attached hydrogens (tertiary/aromatic N) is 1. The molecule has 0 aliphatic carbocycles. The first kappa shape index (κ1) is 29.6. The highest BCUT2D eigenvalue weighted by Gasteiger charge is 2.11. The van der Waals surface area contributed by atoms with Crippen LogP contribution < -0.4 is 0 Å². The Bertz CT molecular complexity index is 858. The highest BCUT2D eigenvalue weighted by atomic mass is 19.1. The van der Waals surface area contributed by atoms with Gasteiger partial charge in [0.05, 0.1) is 0 Å². The number of hydrogen-bond donors (Lipinski definition) is 0. The van der Waals surface area contributed by atoms with Crippen molar-refractivity contribution in [1.29, 1.82) is 0 Å². The van der Waals surface area contributed by atoms with Crippen LogP contribution in [0.3, 0.4) is 0 Å². The summed E-state index contributed by atoms with van der Waals surface area (Å²) in [5.74, 6) is -0.160. The summed E-state index contributed by atoms with van der Waals surface area (Å²) in [5, 5.41) is 0. The highest BCUT2D eigenvalue weighted by Crippen LogP contribution is 2.21. The molecule has 1 nitrogen and oxygen atoms in total. The van der Waals surface area contributed by atoms with Gasteiger partial charge in [-0.3, -0.25) is 4.98 Å². The first-order valence-electron chi connectivity index (χ1n) is 12.3. The van der Waals surface area contributed by atoms with Crippen molar-refractivity contribution in [3.8, 4) is 0 Å². The maximum absolute atomic E-state index is 12.5. The Morgan fingerprint density at radius 2 is 0.853 bits per heavy atom. The molecule has 2 heteroatoms. The fourth-order valence-corrected chi connectivity index (χ4v) is 3.54. The summed E-state index contributed by atoms with van der Waals surface area (Å²) in [7, 11) is 0. The van der Waals surface area contributed by atoms with Crippen LogP contribution in [0.25, 0.3) is 0 Å². The normalized spacial score (nSPS) is 11.6. The van der Waals surface area contributed by atoms with Crippen molar-refractivity contribution < 1.29 is 4.39 Å². The van der Waals surface area contributed by atoms with E-state index in [1.165, 1.54) is 28.8 Å². The van der Waals surface area contributed by atoms with Gasteiger partial charge >= 0.3 is 0 Å². The van der Waals surface area contributed by atoms with Gasteiger partial charge in [0.25, 0.3) is 0 Å². The minimum Gasteiger partial charge on any atom is -0.265 e. The minimum atomic E-state index is -0.160. The molecule has 0 N–H and O–H groups in total. The van der Waals surface area contributed by atoms with Gasteiger partial charge in [-0.25, -0.2) is 4.39 Å². The van der Waals surface area contributed by atoms with Crippen molar-refractivity contribution in [3.63, 3.8) is 0 Å². The minimum absolute atomic E-state index is 0.160. The van der Waals surface area contributed by atoms with Gasteiger partial charge in [-0.15, -0.1) is 0 Å². The van der Waals surface area contributed by atoms with E-state index in [2.05, 4.69) is 110 Å². The predicted octanol–water partition coefficient (Wildman–Crippen LogP) is 9.36. The van der Waals surface area contributed by atoms with Crippen LogP contribution in [-0.4, -0.2) is 4.98 Å². The predicted molar refractivity (Wildman–Crippen MR) is 147 cm³/mol. The smallest absolute Gasteiger partial charge is 0.123 e. The van der Waals surface area contributed by atoms with Gasteiger partial charge in [0.1, 0.15) is 5.82 Å². The van der Waals surface area contributed by atoms with Crippen molar-refractivity contribution in [3.05, 3.63) is 102 Å². The third kappa shape index (κ3) is 16.2. The van der Waals surface area contributed by atoms with Crippen LogP contribution in [0, 0.1) is 22.1 Å². The van der Waals surface area contributed by atoms with E-state index in [0.29, 0.717) is 10.8 Å². The second-order valence-corrected chi connectivity index (χ2v) is 12.7. The lowest BCUT2D eigenvalue weighted by Gasteiger charge is -2.17. The molecule has 0 fully saturated rings. The number of benzene rings is 2. The topological polar surface area (TPSA) is 12.9 Å². The molecule has 0 saturated heterocycles. The standard InChI is InChI=1S/C11H15F.C11H16.C10H15N/c1-11(2,3)8-9-4-6-10(12)7-5-9;1-11(2,3)9-10-7-5-4-6-8-10;1-10(2,3)8-9-4-6-11-7-5-9/h4-7H,8H2,1-3H3;4-8H,9H2,1-3H3;4-7H,8H2,1-3H3. The fraction of sp³-hybridized carbons (Fsp3) is 0.469. The molecule has 0 aliphatic heterocycles. The second kappa shape index (κ2) is 13.4. The largest absolute Gasteiger partial charge is 0.265 e. The van der Waals surface area contributed by atoms with Crippen LogP contribution in [0.2, 0.25) is 0 Å². The molecule has 0 bridgehead atoms. The summed E-state index contributed by atoms with van der Waals surface area (Å²) in [6.45, 7) is 20.1. The van der Waals surface area contributed by atoms with E-state index in [1.54, 1.807) is 0 Å². The maximum atomic E-state index is 12.5. The van der Waals surface area contributed by atoms with Crippen molar-refractivity contribution >= 4 is 0 Å². The SMILES string of the molecule is CC(C)(C)Cc1ccc(F)cc1.CC(C)(C)Cc1ccccc1.CC(C)(C)Cc1ccncc1. The summed E-state index contributed by atoms with van der Waals surface area (Å²) < 4.78 is 12.5. The number of pyridine rings is 1. The molecule has 1 aromatic heterocycles. The Morgan fingerprint density at radius 3 is 1.24 bits per heavy atom. The van der Waals surface area contributed by atoms with Gasteiger partial charge in [-0.2, -0.15) is 0 Å². The Labute approximate surface area is 208 Å². The van der Waals surface area contributed by atoms with Gasteiger partial charge in [0.2, 0.25) is 0 Å². The molecule has 3 rings (SSSR count). The van der Waals surface area contributed by atoms with Gasteiger partial charge < -0.3 is 0 Å². The number of aromatic nitrogens is 1. The van der Waals surface area contributed by atoms with Crippen molar-refractivity contribution in [2.24, 2.45) is 16.2 Å².